The first-order valence-electron chi connectivity index (χ1n) is 18.1. The Balaban J connectivity index is 1.18. The smallest absolute Gasteiger partial charge is 0.355 e. The number of esters is 1. The summed E-state index contributed by atoms with van der Waals surface area (Å²) in [6.45, 7) is 5.87. The largest absolute Gasteiger partial charge is 0.455 e. The average molecular weight is 833 g/mol. The van der Waals surface area contributed by atoms with E-state index in [4.69, 9.17) is 16.3 Å². The molecular formula is C38H41ClN10O8S. The number of hydrogen-bond donors (Lipinski definition) is 5. The minimum absolute atomic E-state index is 0.0691. The molecule has 1 aliphatic rings. The lowest BCUT2D eigenvalue weighted by Gasteiger charge is -2.31. The molecule has 304 valence electrons. The molecule has 18 nitrogen and oxygen atoms in total. The predicted molar refractivity (Wildman–Crippen MR) is 215 cm³/mol. The summed E-state index contributed by atoms with van der Waals surface area (Å²) in [4.78, 5) is 70.7. The van der Waals surface area contributed by atoms with Gasteiger partial charge in [0.25, 0.3) is 0 Å². The van der Waals surface area contributed by atoms with E-state index in [1.54, 1.807) is 86.3 Å². The Morgan fingerprint density at radius 1 is 0.914 bits per heavy atom. The normalized spacial score (nSPS) is 14.1. The van der Waals surface area contributed by atoms with Crippen molar-refractivity contribution < 1.29 is 37.1 Å². The number of likely N-dealkylation sites (tertiary alicyclic amines) is 1. The number of aromatic amines is 1. The van der Waals surface area contributed by atoms with E-state index in [1.807, 2.05) is 0 Å². The average Bonchev–Trinajstić information content (AvgIpc) is 3.85. The first kappa shape index (κ1) is 41.3. The monoisotopic (exact) mass is 832 g/mol. The highest BCUT2D eigenvalue weighted by Gasteiger charge is 2.30. The van der Waals surface area contributed by atoms with E-state index in [2.05, 4.69) is 41.8 Å². The molecule has 1 aliphatic heterocycles. The first-order chi connectivity index (χ1) is 27.4. The molecule has 2 aromatic heterocycles. The number of amides is 5. The molecule has 1 atom stereocenters. The van der Waals surface area contributed by atoms with Crippen molar-refractivity contribution in [2.75, 3.05) is 35.3 Å². The summed E-state index contributed by atoms with van der Waals surface area (Å²) in [5, 5.41) is 22.0. The Morgan fingerprint density at radius 3 is 2.28 bits per heavy atom. The number of ether oxygens (including phenoxy) is 1. The van der Waals surface area contributed by atoms with E-state index in [-0.39, 0.29) is 28.9 Å². The number of sulfone groups is 1. The number of hydrogen-bond acceptors (Lipinski definition) is 11. The fraction of sp³-hybridized carbons (Fsp3) is 0.316. The number of tetrazole rings is 1. The summed E-state index contributed by atoms with van der Waals surface area (Å²) in [6, 6.07) is 16.0. The van der Waals surface area contributed by atoms with Gasteiger partial charge in [0.1, 0.15) is 33.5 Å². The summed E-state index contributed by atoms with van der Waals surface area (Å²) >= 11 is 6.18. The van der Waals surface area contributed by atoms with Crippen LogP contribution in [0.4, 0.5) is 21.9 Å². The van der Waals surface area contributed by atoms with Gasteiger partial charge in [0.05, 0.1) is 16.6 Å². The molecule has 5 N–H and O–H groups in total. The van der Waals surface area contributed by atoms with Crippen LogP contribution in [-0.4, -0.2) is 104 Å². The highest BCUT2D eigenvalue weighted by Crippen LogP contribution is 2.25. The maximum atomic E-state index is 13.9. The van der Waals surface area contributed by atoms with Crippen LogP contribution in [0.2, 0.25) is 5.02 Å². The van der Waals surface area contributed by atoms with Crippen molar-refractivity contribution in [2.45, 2.75) is 56.9 Å². The van der Waals surface area contributed by atoms with Gasteiger partial charge in [-0.2, -0.15) is 4.68 Å². The number of benzene rings is 3. The molecule has 58 heavy (non-hydrogen) atoms. The van der Waals surface area contributed by atoms with Crippen LogP contribution in [0, 0.1) is 0 Å². The van der Waals surface area contributed by atoms with E-state index >= 15 is 0 Å². The summed E-state index contributed by atoms with van der Waals surface area (Å²) in [5.74, 6) is -3.43. The second-order valence-electron chi connectivity index (χ2n) is 14.7. The van der Waals surface area contributed by atoms with Crippen molar-refractivity contribution in [1.29, 1.82) is 0 Å². The number of rotatable bonds is 10. The van der Waals surface area contributed by atoms with Crippen molar-refractivity contribution in [2.24, 2.45) is 0 Å². The SMILES string of the molecule is CC(C)(C)OC(=O)c1cc2cc(NC(=O)[C@H](Cc3ccc(NC(=O)N4CCC(S(C)(=O)=O)CC4)cc3)NC(=O)C(=O)Nc3cc(Cl)ccc3-n3cnnn3)ccc2[nH]1. The Hall–Kier alpha value is -6.34. The molecule has 0 bridgehead atoms. The lowest BCUT2D eigenvalue weighted by atomic mass is 10.0. The molecular weight excluding hydrogens is 792 g/mol. The zero-order valence-electron chi connectivity index (χ0n) is 31.9. The molecule has 5 amide bonds. The van der Waals surface area contributed by atoms with E-state index < -0.39 is 50.4 Å². The summed E-state index contributed by atoms with van der Waals surface area (Å²) < 4.78 is 30.6. The number of aromatic nitrogens is 5. The van der Waals surface area contributed by atoms with Gasteiger partial charge in [0, 0.05) is 53.1 Å². The van der Waals surface area contributed by atoms with Crippen LogP contribution < -0.4 is 21.3 Å². The zero-order chi connectivity index (χ0) is 41.8. The number of nitrogens with one attached hydrogen (secondary N) is 5. The number of anilines is 3. The maximum Gasteiger partial charge on any atom is 0.355 e. The summed E-state index contributed by atoms with van der Waals surface area (Å²) in [6.07, 6.45) is 3.13. The van der Waals surface area contributed by atoms with Gasteiger partial charge >= 0.3 is 23.8 Å². The topological polar surface area (TPSA) is 239 Å². The second-order valence-corrected chi connectivity index (χ2v) is 17.5. The molecule has 3 aromatic carbocycles. The van der Waals surface area contributed by atoms with Crippen LogP contribution in [-0.2, 0) is 35.4 Å². The molecule has 0 spiro atoms. The van der Waals surface area contributed by atoms with Crippen molar-refractivity contribution >= 4 is 79.1 Å². The van der Waals surface area contributed by atoms with Crippen molar-refractivity contribution in [3.63, 3.8) is 0 Å². The second kappa shape index (κ2) is 17.0. The minimum Gasteiger partial charge on any atom is -0.455 e. The van der Waals surface area contributed by atoms with E-state index in [9.17, 15) is 32.4 Å². The van der Waals surface area contributed by atoms with Crippen molar-refractivity contribution in [1.82, 2.24) is 35.4 Å². The third kappa shape index (κ3) is 10.5. The fourth-order valence-corrected chi connectivity index (χ4v) is 7.46. The summed E-state index contributed by atoms with van der Waals surface area (Å²) in [7, 11) is -3.19. The molecule has 1 saturated heterocycles. The third-order valence-corrected chi connectivity index (χ3v) is 11.0. The van der Waals surface area contributed by atoms with Gasteiger partial charge in [-0.3, -0.25) is 14.4 Å². The maximum absolute atomic E-state index is 13.9. The first-order valence-corrected chi connectivity index (χ1v) is 20.4. The number of halogens is 1. The number of carbonyl (C=O) groups is 5. The van der Waals surface area contributed by atoms with E-state index in [1.165, 1.54) is 23.3 Å². The zero-order valence-corrected chi connectivity index (χ0v) is 33.5. The molecule has 0 saturated carbocycles. The summed E-state index contributed by atoms with van der Waals surface area (Å²) in [5.41, 5.74) is 1.97. The van der Waals surface area contributed by atoms with Crippen LogP contribution in [0.3, 0.4) is 0 Å². The van der Waals surface area contributed by atoms with Crippen LogP contribution in [0.1, 0.15) is 49.7 Å². The van der Waals surface area contributed by atoms with Crippen molar-refractivity contribution in [3.05, 3.63) is 89.3 Å². The number of fused-ring (bicyclic) bond motifs is 1. The molecule has 3 heterocycles. The van der Waals surface area contributed by atoms with Gasteiger partial charge in [0.2, 0.25) is 5.91 Å². The Bertz CT molecular complexity index is 2460. The molecule has 0 radical (unpaired) electrons. The molecule has 20 heteroatoms. The molecule has 1 fully saturated rings. The standard InChI is InChI=1S/C38H41ClN10O8S/c1-38(2,3)57-36(53)31-19-23-18-26(10-11-28(23)43-31)41-33(50)30(45-35(52)34(51)44-29-20-24(39)7-12-32(29)49-21-40-46-47-49)17-22-5-8-25(9-6-22)42-37(54)48-15-13-27(14-16-48)58(4,55)56/h5-12,18-21,27,30,43H,13-17H2,1-4H3,(H,41,50)(H,42,54)(H,44,51)(H,45,52)/t30-/m0/s1. The van der Waals surface area contributed by atoms with Crippen LogP contribution in [0.15, 0.2) is 73.1 Å². The van der Waals surface area contributed by atoms with Gasteiger partial charge < -0.3 is 35.9 Å². The number of urea groups is 1. The molecule has 5 aromatic rings. The Labute approximate surface area is 337 Å². The highest BCUT2D eigenvalue weighted by atomic mass is 35.5. The Kier molecular flexibility index (Phi) is 12.1. The van der Waals surface area contributed by atoms with Crippen LogP contribution in [0.25, 0.3) is 16.6 Å². The number of carbonyl (C=O) groups excluding carboxylic acids is 5. The van der Waals surface area contributed by atoms with Crippen LogP contribution in [0.5, 0.6) is 0 Å². The van der Waals surface area contributed by atoms with Gasteiger partial charge in [0.15, 0.2) is 0 Å². The van der Waals surface area contributed by atoms with Crippen molar-refractivity contribution in [3.8, 4) is 5.69 Å². The number of nitrogens with zero attached hydrogens (tertiary/aromatic N) is 5. The molecule has 0 aliphatic carbocycles. The highest BCUT2D eigenvalue weighted by molar-refractivity contribution is 7.91. The van der Waals surface area contributed by atoms with Gasteiger partial charge in [-0.1, -0.05) is 23.7 Å². The minimum atomic E-state index is -3.19. The fourth-order valence-electron chi connectivity index (χ4n) is 6.22. The van der Waals surface area contributed by atoms with E-state index in [0.29, 0.717) is 59.5 Å². The lowest BCUT2D eigenvalue weighted by Crippen LogP contribution is -2.49. The third-order valence-electron chi connectivity index (χ3n) is 9.12. The van der Waals surface area contributed by atoms with Crippen LogP contribution >= 0.6 is 11.6 Å². The molecule has 0 unspecified atom stereocenters. The van der Waals surface area contributed by atoms with Gasteiger partial charge in [-0.15, -0.1) is 5.10 Å². The predicted octanol–water partition coefficient (Wildman–Crippen LogP) is 4.10. The molecule has 6 rings (SSSR count). The number of piperidine rings is 1. The number of H-pyrrole nitrogens is 1. The quantitative estimate of drug-likeness (QED) is 0.0992. The lowest BCUT2D eigenvalue weighted by molar-refractivity contribution is -0.137. The van der Waals surface area contributed by atoms with Gasteiger partial charge in [-0.25, -0.2) is 18.0 Å². The Morgan fingerprint density at radius 2 is 1.62 bits per heavy atom. The van der Waals surface area contributed by atoms with E-state index in [0.717, 1.165) is 0 Å². The van der Waals surface area contributed by atoms with Gasteiger partial charge in [-0.05, 0) is 104 Å².